The van der Waals surface area contributed by atoms with Crippen molar-refractivity contribution >= 4 is 44.2 Å². The van der Waals surface area contributed by atoms with E-state index in [-0.39, 0.29) is 5.91 Å². The lowest BCUT2D eigenvalue weighted by atomic mass is 10.1. The van der Waals surface area contributed by atoms with E-state index in [2.05, 4.69) is 4.90 Å². The standard InChI is InChI=1S/C21H22ClN3O3S/c1-3-28-15-5-6-17-19(13-15)29-21(23-17)25-10-8-24(9-11-25)20(26)16-12-14(22)4-7-18(16)27-2/h4-7,12-13H,3,8-11H2,1-2H3. The van der Waals surface area contributed by atoms with E-state index >= 15 is 0 Å². The highest BCUT2D eigenvalue weighted by molar-refractivity contribution is 7.22. The average Bonchev–Trinajstić information content (AvgIpc) is 3.17. The molecule has 6 nitrogen and oxygen atoms in total. The van der Waals surface area contributed by atoms with Gasteiger partial charge in [0.05, 0.1) is 29.5 Å². The number of benzene rings is 2. The van der Waals surface area contributed by atoms with Crippen LogP contribution < -0.4 is 14.4 Å². The van der Waals surface area contributed by atoms with Crippen LogP contribution in [0.15, 0.2) is 36.4 Å². The fourth-order valence-electron chi connectivity index (χ4n) is 3.40. The zero-order valence-corrected chi connectivity index (χ0v) is 17.9. The summed E-state index contributed by atoms with van der Waals surface area (Å²) in [5.41, 5.74) is 1.47. The Labute approximate surface area is 178 Å². The van der Waals surface area contributed by atoms with Crippen LogP contribution in [0.1, 0.15) is 17.3 Å². The number of amides is 1. The van der Waals surface area contributed by atoms with Gasteiger partial charge in [-0.25, -0.2) is 4.98 Å². The number of hydrogen-bond acceptors (Lipinski definition) is 6. The normalized spacial score (nSPS) is 14.3. The van der Waals surface area contributed by atoms with E-state index in [0.29, 0.717) is 36.0 Å². The number of piperazine rings is 1. The highest BCUT2D eigenvalue weighted by Crippen LogP contribution is 2.32. The predicted octanol–water partition coefficient (Wildman–Crippen LogP) is 4.32. The molecule has 4 rings (SSSR count). The fraction of sp³-hybridized carbons (Fsp3) is 0.333. The Morgan fingerprint density at radius 3 is 2.69 bits per heavy atom. The lowest BCUT2D eigenvalue weighted by molar-refractivity contribution is 0.0743. The van der Waals surface area contributed by atoms with Gasteiger partial charge in [-0.3, -0.25) is 4.79 Å². The third-order valence-electron chi connectivity index (χ3n) is 4.89. The number of aromatic nitrogens is 1. The number of nitrogens with zero attached hydrogens (tertiary/aromatic N) is 3. The number of fused-ring (bicyclic) bond motifs is 1. The van der Waals surface area contributed by atoms with Crippen molar-refractivity contribution in [3.8, 4) is 11.5 Å². The van der Waals surface area contributed by atoms with Gasteiger partial charge in [0.15, 0.2) is 5.13 Å². The van der Waals surface area contributed by atoms with Crippen LogP contribution in [0.5, 0.6) is 11.5 Å². The van der Waals surface area contributed by atoms with E-state index in [1.54, 1.807) is 36.6 Å². The third-order valence-corrected chi connectivity index (χ3v) is 6.20. The Bertz CT molecular complexity index is 1030. The molecule has 1 aliphatic heterocycles. The highest BCUT2D eigenvalue weighted by Gasteiger charge is 2.26. The first kappa shape index (κ1) is 19.8. The van der Waals surface area contributed by atoms with Gasteiger partial charge in [-0.1, -0.05) is 22.9 Å². The SMILES string of the molecule is CCOc1ccc2nc(N3CCN(C(=O)c4cc(Cl)ccc4OC)CC3)sc2c1. The number of anilines is 1. The molecule has 29 heavy (non-hydrogen) atoms. The zero-order chi connectivity index (χ0) is 20.4. The van der Waals surface area contributed by atoms with Crippen LogP contribution in [-0.2, 0) is 0 Å². The molecule has 152 valence electrons. The Kier molecular flexibility index (Phi) is 5.78. The van der Waals surface area contributed by atoms with Crippen molar-refractivity contribution in [1.82, 2.24) is 9.88 Å². The quantitative estimate of drug-likeness (QED) is 0.602. The van der Waals surface area contributed by atoms with Gasteiger partial charge >= 0.3 is 0 Å². The summed E-state index contributed by atoms with van der Waals surface area (Å²) in [5.74, 6) is 1.34. The average molecular weight is 432 g/mol. The molecule has 2 aromatic carbocycles. The molecular weight excluding hydrogens is 410 g/mol. The second-order valence-corrected chi connectivity index (χ2v) is 8.13. The first-order chi connectivity index (χ1) is 14.1. The van der Waals surface area contributed by atoms with Gasteiger partial charge in [0.1, 0.15) is 11.5 Å². The molecule has 1 fully saturated rings. The summed E-state index contributed by atoms with van der Waals surface area (Å²) in [6, 6.07) is 11.1. The summed E-state index contributed by atoms with van der Waals surface area (Å²) < 4.78 is 12.0. The maximum absolute atomic E-state index is 13.0. The number of halogens is 1. The van der Waals surface area contributed by atoms with Crippen LogP contribution in [0.2, 0.25) is 5.02 Å². The van der Waals surface area contributed by atoms with Crippen LogP contribution in [0.25, 0.3) is 10.2 Å². The lowest BCUT2D eigenvalue weighted by Gasteiger charge is -2.34. The van der Waals surface area contributed by atoms with Crippen molar-refractivity contribution in [1.29, 1.82) is 0 Å². The molecule has 8 heteroatoms. The van der Waals surface area contributed by atoms with E-state index < -0.39 is 0 Å². The van der Waals surface area contributed by atoms with Gasteiger partial charge in [-0.2, -0.15) is 0 Å². The summed E-state index contributed by atoms with van der Waals surface area (Å²) in [4.78, 5) is 21.8. The zero-order valence-electron chi connectivity index (χ0n) is 16.4. The van der Waals surface area contributed by atoms with Gasteiger partial charge in [-0.05, 0) is 43.3 Å². The maximum atomic E-state index is 13.0. The first-order valence-electron chi connectivity index (χ1n) is 9.50. The molecule has 1 aliphatic rings. The maximum Gasteiger partial charge on any atom is 0.257 e. The van der Waals surface area contributed by atoms with Gasteiger partial charge in [0, 0.05) is 31.2 Å². The van der Waals surface area contributed by atoms with Crippen molar-refractivity contribution in [3.63, 3.8) is 0 Å². The lowest BCUT2D eigenvalue weighted by Crippen LogP contribution is -2.48. The topological polar surface area (TPSA) is 54.9 Å². The summed E-state index contributed by atoms with van der Waals surface area (Å²) in [6.07, 6.45) is 0. The molecule has 0 saturated carbocycles. The number of rotatable bonds is 5. The van der Waals surface area contributed by atoms with Crippen LogP contribution in [0, 0.1) is 0 Å². The van der Waals surface area contributed by atoms with Crippen molar-refractivity contribution in [2.75, 3.05) is 44.8 Å². The number of carbonyl (C=O) groups excluding carboxylic acids is 1. The molecule has 3 aromatic rings. The predicted molar refractivity (Wildman–Crippen MR) is 117 cm³/mol. The molecule has 2 heterocycles. The Morgan fingerprint density at radius 2 is 1.97 bits per heavy atom. The second kappa shape index (κ2) is 8.47. The molecule has 0 spiro atoms. The minimum atomic E-state index is -0.0605. The number of methoxy groups -OCH3 is 1. The number of ether oxygens (including phenoxy) is 2. The molecule has 0 unspecified atom stereocenters. The van der Waals surface area contributed by atoms with Crippen molar-refractivity contribution < 1.29 is 14.3 Å². The molecule has 0 radical (unpaired) electrons. The minimum absolute atomic E-state index is 0.0605. The number of hydrogen-bond donors (Lipinski definition) is 0. The molecule has 1 saturated heterocycles. The minimum Gasteiger partial charge on any atom is -0.496 e. The smallest absolute Gasteiger partial charge is 0.257 e. The molecule has 0 bridgehead atoms. The molecule has 0 N–H and O–H groups in total. The third kappa shape index (κ3) is 4.11. The fourth-order valence-corrected chi connectivity index (χ4v) is 4.62. The molecule has 0 aliphatic carbocycles. The highest BCUT2D eigenvalue weighted by atomic mass is 35.5. The summed E-state index contributed by atoms with van der Waals surface area (Å²) in [6.45, 7) is 5.31. The van der Waals surface area contributed by atoms with E-state index in [9.17, 15) is 4.79 Å². The van der Waals surface area contributed by atoms with Crippen LogP contribution in [-0.4, -0.2) is 55.7 Å². The van der Waals surface area contributed by atoms with Crippen molar-refractivity contribution in [2.24, 2.45) is 0 Å². The molecule has 1 aromatic heterocycles. The van der Waals surface area contributed by atoms with E-state index in [1.807, 2.05) is 30.0 Å². The largest absolute Gasteiger partial charge is 0.496 e. The van der Waals surface area contributed by atoms with Gasteiger partial charge < -0.3 is 19.3 Å². The van der Waals surface area contributed by atoms with E-state index in [4.69, 9.17) is 26.1 Å². The van der Waals surface area contributed by atoms with Gasteiger partial charge in [0.2, 0.25) is 0 Å². The second-order valence-electron chi connectivity index (χ2n) is 6.68. The van der Waals surface area contributed by atoms with E-state index in [1.165, 1.54) is 0 Å². The monoisotopic (exact) mass is 431 g/mol. The van der Waals surface area contributed by atoms with E-state index in [0.717, 1.165) is 34.2 Å². The van der Waals surface area contributed by atoms with Gasteiger partial charge in [0.25, 0.3) is 5.91 Å². The Morgan fingerprint density at radius 1 is 1.17 bits per heavy atom. The number of carbonyl (C=O) groups is 1. The first-order valence-corrected chi connectivity index (χ1v) is 10.7. The Balaban J connectivity index is 1.46. The molecule has 0 atom stereocenters. The summed E-state index contributed by atoms with van der Waals surface area (Å²) in [5, 5.41) is 1.50. The molecule has 1 amide bonds. The summed E-state index contributed by atoms with van der Waals surface area (Å²) in [7, 11) is 1.56. The van der Waals surface area contributed by atoms with Crippen LogP contribution in [0.3, 0.4) is 0 Å². The number of thiazole rings is 1. The van der Waals surface area contributed by atoms with Crippen molar-refractivity contribution in [2.45, 2.75) is 6.92 Å². The molecular formula is C21H22ClN3O3S. The summed E-state index contributed by atoms with van der Waals surface area (Å²) >= 11 is 7.73. The van der Waals surface area contributed by atoms with Crippen LogP contribution in [0.4, 0.5) is 5.13 Å². The van der Waals surface area contributed by atoms with Crippen LogP contribution >= 0.6 is 22.9 Å². The van der Waals surface area contributed by atoms with Gasteiger partial charge in [-0.15, -0.1) is 0 Å². The van der Waals surface area contributed by atoms with Crippen molar-refractivity contribution in [3.05, 3.63) is 47.0 Å². The Hall–Kier alpha value is -2.51.